The van der Waals surface area contributed by atoms with Gasteiger partial charge in [-0.3, -0.25) is 4.79 Å². The molecule has 0 bridgehead atoms. The smallest absolute Gasteiger partial charge is 0.239 e. The van der Waals surface area contributed by atoms with Gasteiger partial charge in [-0.2, -0.15) is 0 Å². The normalized spacial score (nSPS) is 18.6. The minimum Gasteiger partial charge on any atom is -0.341 e. The van der Waals surface area contributed by atoms with Crippen LogP contribution in [0.3, 0.4) is 0 Å². The van der Waals surface area contributed by atoms with E-state index in [0.29, 0.717) is 0 Å². The number of carbonyl (C=O) groups is 1. The van der Waals surface area contributed by atoms with Crippen molar-refractivity contribution in [2.45, 2.75) is 58.4 Å². The van der Waals surface area contributed by atoms with Gasteiger partial charge in [0.05, 0.1) is 6.04 Å². The highest BCUT2D eigenvalue weighted by Gasteiger charge is 2.26. The number of carbonyl (C=O) groups excluding carboxylic acids is 1. The van der Waals surface area contributed by atoms with Gasteiger partial charge in [0.1, 0.15) is 0 Å². The molecule has 1 rings (SSSR count). The lowest BCUT2D eigenvalue weighted by Gasteiger charge is -2.35. The number of nitrogens with zero attached hydrogens (tertiary/aromatic N) is 2. The van der Waals surface area contributed by atoms with Gasteiger partial charge in [0, 0.05) is 19.6 Å². The van der Waals surface area contributed by atoms with Crippen molar-refractivity contribution in [1.29, 1.82) is 0 Å². The molecule has 118 valence electrons. The third-order valence-electron chi connectivity index (χ3n) is 4.31. The van der Waals surface area contributed by atoms with Gasteiger partial charge < -0.3 is 15.5 Å². The van der Waals surface area contributed by atoms with Crippen LogP contribution in [0.5, 0.6) is 0 Å². The second kappa shape index (κ2) is 9.35. The first-order valence-electron chi connectivity index (χ1n) is 8.31. The number of hydrogen-bond donors (Lipinski definition) is 1. The molecule has 0 aromatic heterocycles. The molecular formula is C16H33N3O. The Morgan fingerprint density at radius 3 is 2.50 bits per heavy atom. The lowest BCUT2D eigenvalue weighted by molar-refractivity contribution is -0.134. The van der Waals surface area contributed by atoms with Crippen LogP contribution < -0.4 is 5.73 Å². The maximum absolute atomic E-state index is 12.1. The van der Waals surface area contributed by atoms with E-state index in [9.17, 15) is 4.79 Å². The fraction of sp³-hybridized carbons (Fsp3) is 0.938. The number of likely N-dealkylation sites (tertiary alicyclic amines) is 1. The van der Waals surface area contributed by atoms with Crippen LogP contribution in [-0.2, 0) is 4.79 Å². The average Bonchev–Trinajstić information content (AvgIpc) is 2.45. The van der Waals surface area contributed by atoms with Crippen LogP contribution in [0.25, 0.3) is 0 Å². The minimum absolute atomic E-state index is 0.157. The van der Waals surface area contributed by atoms with E-state index in [-0.39, 0.29) is 11.9 Å². The number of piperidine rings is 1. The summed E-state index contributed by atoms with van der Waals surface area (Å²) >= 11 is 0. The Bertz CT molecular complexity index is 275. The summed E-state index contributed by atoms with van der Waals surface area (Å²) < 4.78 is 0. The molecule has 20 heavy (non-hydrogen) atoms. The lowest BCUT2D eigenvalue weighted by Crippen LogP contribution is -2.48. The average molecular weight is 283 g/mol. The SMILES string of the molecule is CCCCN(C)CC1CCN(C(=O)[C@@H](N)CCC)CC1. The number of nitrogens with two attached hydrogens (primary N) is 1. The molecule has 0 radical (unpaired) electrons. The molecule has 0 aromatic carbocycles. The first-order valence-corrected chi connectivity index (χ1v) is 8.31. The predicted octanol–water partition coefficient (Wildman–Crippen LogP) is 2.08. The molecule has 1 fully saturated rings. The van der Waals surface area contributed by atoms with Gasteiger partial charge in [0.25, 0.3) is 0 Å². The first-order chi connectivity index (χ1) is 9.58. The molecule has 1 aliphatic rings. The molecule has 1 aliphatic heterocycles. The van der Waals surface area contributed by atoms with Gasteiger partial charge in [-0.05, 0) is 45.2 Å². The zero-order valence-corrected chi connectivity index (χ0v) is 13.6. The molecule has 0 saturated carbocycles. The van der Waals surface area contributed by atoms with E-state index in [1.165, 1.54) is 25.9 Å². The van der Waals surface area contributed by atoms with Crippen molar-refractivity contribution in [2.75, 3.05) is 33.2 Å². The van der Waals surface area contributed by atoms with Crippen LogP contribution in [0.1, 0.15) is 52.4 Å². The van der Waals surface area contributed by atoms with Crippen LogP contribution in [0.2, 0.25) is 0 Å². The van der Waals surface area contributed by atoms with Crippen molar-refractivity contribution in [3.8, 4) is 0 Å². The second-order valence-electron chi connectivity index (χ2n) is 6.28. The molecule has 0 spiro atoms. The quantitative estimate of drug-likeness (QED) is 0.742. The Labute approximate surface area is 124 Å². The summed E-state index contributed by atoms with van der Waals surface area (Å²) in [5.41, 5.74) is 5.93. The highest BCUT2D eigenvalue weighted by Crippen LogP contribution is 2.19. The maximum Gasteiger partial charge on any atom is 0.239 e. The fourth-order valence-electron chi connectivity index (χ4n) is 2.97. The Morgan fingerprint density at radius 1 is 1.30 bits per heavy atom. The molecule has 1 atom stereocenters. The molecule has 0 aromatic rings. The van der Waals surface area contributed by atoms with E-state index >= 15 is 0 Å². The monoisotopic (exact) mass is 283 g/mol. The van der Waals surface area contributed by atoms with Gasteiger partial charge in [0.2, 0.25) is 5.91 Å². The van der Waals surface area contributed by atoms with Crippen molar-refractivity contribution in [3.63, 3.8) is 0 Å². The number of hydrogen-bond acceptors (Lipinski definition) is 3. The molecule has 1 amide bonds. The highest BCUT2D eigenvalue weighted by atomic mass is 16.2. The molecule has 1 saturated heterocycles. The Balaban J connectivity index is 2.27. The molecule has 0 unspecified atom stereocenters. The molecule has 4 nitrogen and oxygen atoms in total. The topological polar surface area (TPSA) is 49.6 Å². The van der Waals surface area contributed by atoms with Crippen LogP contribution in [-0.4, -0.2) is 55.0 Å². The zero-order chi connectivity index (χ0) is 15.0. The van der Waals surface area contributed by atoms with Gasteiger partial charge >= 0.3 is 0 Å². The summed E-state index contributed by atoms with van der Waals surface area (Å²) in [6, 6.07) is -0.288. The van der Waals surface area contributed by atoms with E-state index in [1.54, 1.807) is 0 Å². The first kappa shape index (κ1) is 17.4. The summed E-state index contributed by atoms with van der Waals surface area (Å²) in [7, 11) is 2.21. The molecule has 1 heterocycles. The van der Waals surface area contributed by atoms with Crippen LogP contribution >= 0.6 is 0 Å². The molecular weight excluding hydrogens is 250 g/mol. The van der Waals surface area contributed by atoms with Crippen LogP contribution in [0, 0.1) is 5.92 Å². The number of rotatable bonds is 8. The predicted molar refractivity (Wildman–Crippen MR) is 84.6 cm³/mol. The zero-order valence-electron chi connectivity index (χ0n) is 13.6. The van der Waals surface area contributed by atoms with E-state index < -0.39 is 0 Å². The fourth-order valence-corrected chi connectivity index (χ4v) is 2.97. The standard InChI is InChI=1S/C16H33N3O/c1-4-6-10-18(3)13-14-8-11-19(12-9-14)16(20)15(17)7-5-2/h14-15H,4-13,17H2,1-3H3/t15-/m0/s1. The van der Waals surface area contributed by atoms with E-state index in [1.807, 2.05) is 4.90 Å². The van der Waals surface area contributed by atoms with Crippen molar-refractivity contribution in [3.05, 3.63) is 0 Å². The van der Waals surface area contributed by atoms with Crippen LogP contribution in [0.4, 0.5) is 0 Å². The maximum atomic E-state index is 12.1. The number of unbranched alkanes of at least 4 members (excludes halogenated alkanes) is 1. The third kappa shape index (κ3) is 5.80. The molecule has 4 heteroatoms. The minimum atomic E-state index is -0.288. The Morgan fingerprint density at radius 2 is 1.95 bits per heavy atom. The summed E-state index contributed by atoms with van der Waals surface area (Å²) in [4.78, 5) is 16.6. The lowest BCUT2D eigenvalue weighted by atomic mass is 9.95. The van der Waals surface area contributed by atoms with Crippen LogP contribution in [0.15, 0.2) is 0 Å². The summed E-state index contributed by atoms with van der Waals surface area (Å²) in [6.45, 7) is 8.45. The number of amides is 1. The molecule has 0 aliphatic carbocycles. The van der Waals surface area contributed by atoms with Crippen molar-refractivity contribution in [1.82, 2.24) is 9.80 Å². The van der Waals surface area contributed by atoms with Crippen molar-refractivity contribution < 1.29 is 4.79 Å². The van der Waals surface area contributed by atoms with Crippen molar-refractivity contribution in [2.24, 2.45) is 11.7 Å². The van der Waals surface area contributed by atoms with E-state index in [4.69, 9.17) is 5.73 Å². The van der Waals surface area contributed by atoms with Crippen molar-refractivity contribution >= 4 is 5.91 Å². The summed E-state index contributed by atoms with van der Waals surface area (Å²) in [6.07, 6.45) is 6.57. The van der Waals surface area contributed by atoms with E-state index in [2.05, 4.69) is 25.8 Å². The summed E-state index contributed by atoms with van der Waals surface area (Å²) in [5, 5.41) is 0. The van der Waals surface area contributed by atoms with Gasteiger partial charge in [-0.1, -0.05) is 26.7 Å². The molecule has 2 N–H and O–H groups in total. The Kier molecular flexibility index (Phi) is 8.15. The second-order valence-corrected chi connectivity index (χ2v) is 6.28. The highest BCUT2D eigenvalue weighted by molar-refractivity contribution is 5.81. The third-order valence-corrected chi connectivity index (χ3v) is 4.31. The van der Waals surface area contributed by atoms with Gasteiger partial charge in [-0.15, -0.1) is 0 Å². The summed E-state index contributed by atoms with van der Waals surface area (Å²) in [5.74, 6) is 0.896. The van der Waals surface area contributed by atoms with Gasteiger partial charge in [-0.25, -0.2) is 0 Å². The Hall–Kier alpha value is -0.610. The largest absolute Gasteiger partial charge is 0.341 e. The van der Waals surface area contributed by atoms with Gasteiger partial charge in [0.15, 0.2) is 0 Å². The van der Waals surface area contributed by atoms with E-state index in [0.717, 1.165) is 44.7 Å².